The van der Waals surface area contributed by atoms with Crippen molar-refractivity contribution in [2.24, 2.45) is 0 Å². The fraction of sp³-hybridized carbons (Fsp3) is 0.857. The highest BCUT2D eigenvalue weighted by Gasteiger charge is 2.15. The maximum Gasteiger partial charge on any atom is 0.318 e. The molecule has 1 aliphatic rings. The summed E-state index contributed by atoms with van der Waals surface area (Å²) in [7, 11) is 0. The lowest BCUT2D eigenvalue weighted by Gasteiger charge is -2.10. The number of hydrogen-bond acceptors (Lipinski definition) is 4. The summed E-state index contributed by atoms with van der Waals surface area (Å²) in [5.41, 5.74) is 0. The third-order valence-corrected chi connectivity index (χ3v) is 1.93. The van der Waals surface area contributed by atoms with E-state index < -0.39 is 0 Å². The van der Waals surface area contributed by atoms with Crippen molar-refractivity contribution in [2.75, 3.05) is 18.7 Å². The summed E-state index contributed by atoms with van der Waals surface area (Å²) in [4.78, 5) is 10.6. The highest BCUT2D eigenvalue weighted by molar-refractivity contribution is 9.09. The summed E-state index contributed by atoms with van der Waals surface area (Å²) in [6, 6.07) is 0. The van der Waals surface area contributed by atoms with Crippen molar-refractivity contribution < 1.29 is 19.0 Å². The van der Waals surface area contributed by atoms with Gasteiger partial charge >= 0.3 is 5.97 Å². The van der Waals surface area contributed by atoms with Crippen molar-refractivity contribution in [3.8, 4) is 0 Å². The number of esters is 1. The van der Waals surface area contributed by atoms with Gasteiger partial charge in [0.05, 0.1) is 0 Å². The molecule has 1 unspecified atom stereocenters. The molecule has 1 atom stereocenters. The zero-order valence-electron chi connectivity index (χ0n) is 6.62. The number of halogens is 1. The van der Waals surface area contributed by atoms with Crippen molar-refractivity contribution in [3.05, 3.63) is 0 Å². The smallest absolute Gasteiger partial charge is 0.318 e. The molecule has 1 rings (SSSR count). The Morgan fingerprint density at radius 3 is 3.08 bits per heavy atom. The maximum absolute atomic E-state index is 10.6. The molecule has 1 fully saturated rings. The lowest BCUT2D eigenvalue weighted by atomic mass is 10.4. The Bertz CT molecular complexity index is 144. The molecule has 1 heterocycles. The Morgan fingerprint density at radius 1 is 1.67 bits per heavy atom. The van der Waals surface area contributed by atoms with Gasteiger partial charge in [-0.15, -0.1) is 0 Å². The number of carbonyl (C=O) groups excluding carboxylic acids is 1. The van der Waals surface area contributed by atoms with Crippen LogP contribution in [0.15, 0.2) is 0 Å². The summed E-state index contributed by atoms with van der Waals surface area (Å²) in [5.74, 6) is -0.326. The van der Waals surface area contributed by atoms with Gasteiger partial charge in [-0.05, 0) is 6.42 Å². The second-order valence-electron chi connectivity index (χ2n) is 2.38. The zero-order chi connectivity index (χ0) is 8.81. The normalized spacial score (nSPS) is 22.6. The Kier molecular flexibility index (Phi) is 4.57. The molecule has 0 radical (unpaired) electrons. The van der Waals surface area contributed by atoms with Crippen LogP contribution in [0.5, 0.6) is 0 Å². The van der Waals surface area contributed by atoms with Gasteiger partial charge in [0.25, 0.3) is 0 Å². The number of alkyl halides is 1. The second kappa shape index (κ2) is 5.50. The number of rotatable bonds is 4. The first-order valence-electron chi connectivity index (χ1n) is 3.77. The highest BCUT2D eigenvalue weighted by atomic mass is 79.9. The number of carbonyl (C=O) groups is 1. The van der Waals surface area contributed by atoms with E-state index in [1.165, 1.54) is 0 Å². The van der Waals surface area contributed by atoms with Crippen LogP contribution in [0, 0.1) is 0 Å². The third-order valence-electron chi connectivity index (χ3n) is 1.47. The van der Waals surface area contributed by atoms with Gasteiger partial charge in [0.2, 0.25) is 0 Å². The molecule has 0 aliphatic carbocycles. The average molecular weight is 239 g/mol. The minimum atomic E-state index is -0.326. The van der Waals surface area contributed by atoms with Gasteiger partial charge in [-0.25, -0.2) is 0 Å². The zero-order valence-corrected chi connectivity index (χ0v) is 8.21. The summed E-state index contributed by atoms with van der Waals surface area (Å²) < 4.78 is 14.9. The van der Waals surface area contributed by atoms with Crippen LogP contribution < -0.4 is 0 Å². The summed E-state index contributed by atoms with van der Waals surface area (Å²) in [5, 5.41) is 0.196. The van der Waals surface area contributed by atoms with E-state index in [9.17, 15) is 4.79 Å². The van der Waals surface area contributed by atoms with Gasteiger partial charge in [-0.1, -0.05) is 15.9 Å². The van der Waals surface area contributed by atoms with Crippen LogP contribution in [0.2, 0.25) is 0 Å². The van der Waals surface area contributed by atoms with Crippen LogP contribution in [0.4, 0.5) is 0 Å². The molecule has 0 spiro atoms. The van der Waals surface area contributed by atoms with Crippen molar-refractivity contribution >= 4 is 21.9 Å². The highest BCUT2D eigenvalue weighted by Crippen LogP contribution is 2.12. The molecule has 0 aromatic heterocycles. The fourth-order valence-corrected chi connectivity index (χ4v) is 1.06. The maximum atomic E-state index is 10.6. The first-order valence-corrected chi connectivity index (χ1v) is 4.90. The molecular weight excluding hydrogens is 228 g/mol. The van der Waals surface area contributed by atoms with Crippen LogP contribution in [0.1, 0.15) is 12.8 Å². The number of ether oxygens (including phenoxy) is 3. The minimum absolute atomic E-state index is 0.0187. The SMILES string of the molecule is O=C(CBr)OCOC1CCCO1. The lowest BCUT2D eigenvalue weighted by Crippen LogP contribution is -2.16. The van der Waals surface area contributed by atoms with E-state index in [0.29, 0.717) is 0 Å². The molecule has 70 valence electrons. The summed E-state index contributed by atoms with van der Waals surface area (Å²) >= 11 is 2.97. The monoisotopic (exact) mass is 238 g/mol. The van der Waals surface area contributed by atoms with Crippen molar-refractivity contribution in [1.29, 1.82) is 0 Å². The van der Waals surface area contributed by atoms with Crippen LogP contribution in [-0.2, 0) is 19.0 Å². The Hall–Kier alpha value is -0.130. The van der Waals surface area contributed by atoms with Crippen LogP contribution >= 0.6 is 15.9 Å². The predicted octanol–water partition coefficient (Wildman–Crippen LogP) is 1.04. The Morgan fingerprint density at radius 2 is 2.50 bits per heavy atom. The van der Waals surface area contributed by atoms with Crippen molar-refractivity contribution in [3.63, 3.8) is 0 Å². The largest absolute Gasteiger partial charge is 0.438 e. The standard InChI is InChI=1S/C7H11BrO4/c8-4-6(9)11-5-12-7-2-1-3-10-7/h7H,1-5H2. The van der Waals surface area contributed by atoms with Gasteiger partial charge in [0.1, 0.15) is 5.33 Å². The van der Waals surface area contributed by atoms with E-state index in [1.807, 2.05) is 0 Å². The second-order valence-corrected chi connectivity index (χ2v) is 2.94. The summed E-state index contributed by atoms with van der Waals surface area (Å²) in [6.07, 6.45) is 1.70. The molecule has 0 aromatic rings. The molecule has 12 heavy (non-hydrogen) atoms. The minimum Gasteiger partial charge on any atom is -0.438 e. The van der Waals surface area contributed by atoms with E-state index in [0.717, 1.165) is 19.4 Å². The molecule has 5 heteroatoms. The third kappa shape index (κ3) is 3.51. The molecule has 0 amide bonds. The van der Waals surface area contributed by atoms with Crippen LogP contribution in [0.25, 0.3) is 0 Å². The molecular formula is C7H11BrO4. The molecule has 0 N–H and O–H groups in total. The van der Waals surface area contributed by atoms with Crippen LogP contribution in [-0.4, -0.2) is 31.0 Å². The average Bonchev–Trinajstić information content (AvgIpc) is 2.57. The van der Waals surface area contributed by atoms with Gasteiger partial charge in [-0.2, -0.15) is 0 Å². The van der Waals surface area contributed by atoms with Gasteiger partial charge in [0, 0.05) is 13.0 Å². The van der Waals surface area contributed by atoms with Gasteiger partial charge < -0.3 is 14.2 Å². The van der Waals surface area contributed by atoms with E-state index in [-0.39, 0.29) is 24.4 Å². The van der Waals surface area contributed by atoms with Crippen LogP contribution in [0.3, 0.4) is 0 Å². The van der Waals surface area contributed by atoms with Gasteiger partial charge in [-0.3, -0.25) is 4.79 Å². The summed E-state index contributed by atoms with van der Waals surface area (Å²) in [6.45, 7) is 0.714. The van der Waals surface area contributed by atoms with E-state index in [1.54, 1.807) is 0 Å². The molecule has 0 saturated carbocycles. The van der Waals surface area contributed by atoms with E-state index in [4.69, 9.17) is 9.47 Å². The molecule has 0 bridgehead atoms. The Labute approximate surface area is 79.3 Å². The van der Waals surface area contributed by atoms with E-state index in [2.05, 4.69) is 20.7 Å². The quantitative estimate of drug-likeness (QED) is 0.417. The molecule has 1 aliphatic heterocycles. The first kappa shape index (κ1) is 9.95. The van der Waals surface area contributed by atoms with Gasteiger partial charge in [0.15, 0.2) is 13.1 Å². The molecule has 1 saturated heterocycles. The molecule has 4 nitrogen and oxygen atoms in total. The molecule has 0 aromatic carbocycles. The fourth-order valence-electron chi connectivity index (χ4n) is 0.894. The first-order chi connectivity index (χ1) is 5.83. The Balaban J connectivity index is 1.97. The van der Waals surface area contributed by atoms with Crippen molar-refractivity contribution in [2.45, 2.75) is 19.1 Å². The lowest BCUT2D eigenvalue weighted by molar-refractivity contribution is -0.184. The topological polar surface area (TPSA) is 44.8 Å². The van der Waals surface area contributed by atoms with Crippen molar-refractivity contribution in [1.82, 2.24) is 0 Å². The predicted molar refractivity (Wildman–Crippen MR) is 44.8 cm³/mol. The van der Waals surface area contributed by atoms with E-state index >= 15 is 0 Å². The number of hydrogen-bond donors (Lipinski definition) is 0.